The first kappa shape index (κ1) is 15.8. The molecule has 1 fully saturated rings. The van der Waals surface area contributed by atoms with E-state index in [1.807, 2.05) is 0 Å². The van der Waals surface area contributed by atoms with Crippen molar-refractivity contribution in [3.05, 3.63) is 10.6 Å². The van der Waals surface area contributed by atoms with E-state index in [1.54, 1.807) is 20.3 Å². The highest BCUT2D eigenvalue weighted by Crippen LogP contribution is 2.46. The number of carbonyl (C=O) groups is 2. The van der Waals surface area contributed by atoms with Crippen LogP contribution < -0.4 is 5.32 Å². The van der Waals surface area contributed by atoms with Crippen molar-refractivity contribution in [3.63, 3.8) is 0 Å². The molecule has 2 aliphatic heterocycles. The van der Waals surface area contributed by atoms with Crippen LogP contribution in [0.15, 0.2) is 15.6 Å². The largest absolute Gasteiger partial charge is 0.477 e. The number of carboxylic acid groups (broad SMARTS) is 1. The fourth-order valence-electron chi connectivity index (χ4n) is 2.75. The molecule has 116 valence electrons. The van der Waals surface area contributed by atoms with Crippen LogP contribution in [-0.2, 0) is 9.59 Å². The van der Waals surface area contributed by atoms with Gasteiger partial charge in [0.2, 0.25) is 5.91 Å². The first-order valence-corrected chi connectivity index (χ1v) is 7.72. The molecule has 0 radical (unpaired) electrons. The Morgan fingerprint density at radius 1 is 1.67 bits per heavy atom. The summed E-state index contributed by atoms with van der Waals surface area (Å²) in [5.74, 6) is -1.17. The number of amides is 1. The summed E-state index contributed by atoms with van der Waals surface area (Å²) in [4.78, 5) is 29.2. The Balaban J connectivity index is 2.03. The monoisotopic (exact) mass is 313 g/mol. The Bertz CT molecular complexity index is 504. The molecule has 0 saturated carbocycles. The van der Waals surface area contributed by atoms with Crippen LogP contribution in [0, 0.1) is 5.92 Å². The fourth-order valence-corrected chi connectivity index (χ4v) is 3.83. The molecule has 1 amide bonds. The zero-order chi connectivity index (χ0) is 15.6. The SMILES string of the molecule is CN=CNCCSC1=C(C(=O)O)N2C(=O)[C@H]([C@@H](C)O)[C@H]2C1. The van der Waals surface area contributed by atoms with E-state index in [-0.39, 0.29) is 17.6 Å². The van der Waals surface area contributed by atoms with Crippen LogP contribution in [0.1, 0.15) is 13.3 Å². The number of hydrogen-bond acceptors (Lipinski definition) is 5. The summed E-state index contributed by atoms with van der Waals surface area (Å²) in [5, 5.41) is 21.9. The smallest absolute Gasteiger partial charge is 0.353 e. The molecule has 0 unspecified atom stereocenters. The highest BCUT2D eigenvalue weighted by atomic mass is 32.2. The molecule has 2 aliphatic rings. The Hall–Kier alpha value is -1.54. The molecule has 7 nitrogen and oxygen atoms in total. The Morgan fingerprint density at radius 2 is 2.38 bits per heavy atom. The number of fused-ring (bicyclic) bond motifs is 1. The quantitative estimate of drug-likeness (QED) is 0.262. The summed E-state index contributed by atoms with van der Waals surface area (Å²) < 4.78 is 0. The van der Waals surface area contributed by atoms with Gasteiger partial charge in [-0.1, -0.05) is 0 Å². The minimum absolute atomic E-state index is 0.0797. The number of thioether (sulfide) groups is 1. The average Bonchev–Trinajstić information content (AvgIpc) is 2.72. The molecular formula is C13H19N3O4S. The Morgan fingerprint density at radius 3 is 2.95 bits per heavy atom. The first-order chi connectivity index (χ1) is 9.99. The van der Waals surface area contributed by atoms with Crippen LogP contribution in [0.5, 0.6) is 0 Å². The van der Waals surface area contributed by atoms with Crippen molar-refractivity contribution >= 4 is 30.0 Å². The molecule has 3 N–H and O–H groups in total. The van der Waals surface area contributed by atoms with Crippen molar-refractivity contribution in [3.8, 4) is 0 Å². The molecule has 0 aromatic rings. The molecule has 2 heterocycles. The second kappa shape index (κ2) is 6.48. The van der Waals surface area contributed by atoms with Crippen LogP contribution in [0.25, 0.3) is 0 Å². The van der Waals surface area contributed by atoms with E-state index >= 15 is 0 Å². The van der Waals surface area contributed by atoms with E-state index in [1.165, 1.54) is 16.7 Å². The van der Waals surface area contributed by atoms with Gasteiger partial charge in [0.05, 0.1) is 24.4 Å². The van der Waals surface area contributed by atoms with Gasteiger partial charge in [-0.15, -0.1) is 11.8 Å². The van der Waals surface area contributed by atoms with E-state index in [4.69, 9.17) is 0 Å². The number of aliphatic hydroxyl groups is 1. The lowest BCUT2D eigenvalue weighted by atomic mass is 9.83. The predicted octanol–water partition coefficient (Wildman–Crippen LogP) is -0.125. The Kier molecular flexibility index (Phi) is 4.89. The lowest BCUT2D eigenvalue weighted by Gasteiger charge is -2.44. The highest BCUT2D eigenvalue weighted by Gasteiger charge is 2.56. The van der Waals surface area contributed by atoms with Crippen molar-refractivity contribution in [2.75, 3.05) is 19.3 Å². The summed E-state index contributed by atoms with van der Waals surface area (Å²) in [7, 11) is 1.66. The average molecular weight is 313 g/mol. The molecule has 2 rings (SSSR count). The molecular weight excluding hydrogens is 294 g/mol. The van der Waals surface area contributed by atoms with Crippen LogP contribution in [0.4, 0.5) is 0 Å². The number of nitrogens with zero attached hydrogens (tertiary/aromatic N) is 2. The van der Waals surface area contributed by atoms with E-state index in [9.17, 15) is 19.8 Å². The summed E-state index contributed by atoms with van der Waals surface area (Å²) >= 11 is 1.43. The van der Waals surface area contributed by atoms with Crippen LogP contribution in [0.2, 0.25) is 0 Å². The number of hydrogen-bond donors (Lipinski definition) is 3. The molecule has 0 bridgehead atoms. The van der Waals surface area contributed by atoms with Crippen LogP contribution >= 0.6 is 11.8 Å². The standard InChI is InChI=1S/C13H19N3O4S/c1-7(17)10-8-5-9(21-4-3-15-6-14-2)11(13(19)20)16(8)12(10)18/h6-8,10,17H,3-5H2,1-2H3,(H,14,15)(H,19,20)/t7-,8-,10-/m1/s1. The molecule has 0 aliphatic carbocycles. The van der Waals surface area contributed by atoms with Gasteiger partial charge in [0, 0.05) is 30.7 Å². The van der Waals surface area contributed by atoms with Gasteiger partial charge >= 0.3 is 5.97 Å². The summed E-state index contributed by atoms with van der Waals surface area (Å²) in [6.45, 7) is 2.23. The molecule has 3 atom stereocenters. The highest BCUT2D eigenvalue weighted by molar-refractivity contribution is 8.03. The minimum atomic E-state index is -1.08. The van der Waals surface area contributed by atoms with E-state index in [0.29, 0.717) is 23.6 Å². The second-order valence-corrected chi connectivity index (χ2v) is 6.20. The van der Waals surface area contributed by atoms with Crippen LogP contribution in [-0.4, -0.2) is 64.8 Å². The van der Waals surface area contributed by atoms with Gasteiger partial charge in [0.15, 0.2) is 0 Å². The van der Waals surface area contributed by atoms with Gasteiger partial charge in [-0.05, 0) is 6.92 Å². The summed E-state index contributed by atoms with van der Waals surface area (Å²) in [6, 6.07) is -0.212. The molecule has 21 heavy (non-hydrogen) atoms. The Labute approximate surface area is 127 Å². The zero-order valence-electron chi connectivity index (χ0n) is 11.9. The maximum atomic E-state index is 12.0. The van der Waals surface area contributed by atoms with Crippen LogP contribution in [0.3, 0.4) is 0 Å². The first-order valence-electron chi connectivity index (χ1n) is 6.73. The van der Waals surface area contributed by atoms with E-state index < -0.39 is 18.0 Å². The third-order valence-electron chi connectivity index (χ3n) is 3.63. The van der Waals surface area contributed by atoms with Crippen molar-refractivity contribution in [2.45, 2.75) is 25.5 Å². The second-order valence-electron chi connectivity index (χ2n) is 5.01. The van der Waals surface area contributed by atoms with Crippen molar-refractivity contribution < 1.29 is 19.8 Å². The number of β-lactam (4-membered cyclic amide) rings is 1. The van der Waals surface area contributed by atoms with Crippen molar-refractivity contribution in [2.24, 2.45) is 10.9 Å². The lowest BCUT2D eigenvalue weighted by Crippen LogP contribution is -2.61. The van der Waals surface area contributed by atoms with Gasteiger partial charge < -0.3 is 20.4 Å². The van der Waals surface area contributed by atoms with Gasteiger partial charge in [0.25, 0.3) is 0 Å². The predicted molar refractivity (Wildman–Crippen MR) is 80.0 cm³/mol. The molecule has 1 saturated heterocycles. The zero-order valence-corrected chi connectivity index (χ0v) is 12.8. The third-order valence-corrected chi connectivity index (χ3v) is 4.75. The number of aliphatic imine (C=N–C) groups is 1. The number of carboxylic acids is 1. The maximum Gasteiger partial charge on any atom is 0.353 e. The molecule has 0 aromatic carbocycles. The van der Waals surface area contributed by atoms with Gasteiger partial charge in [-0.3, -0.25) is 9.79 Å². The van der Waals surface area contributed by atoms with E-state index in [2.05, 4.69) is 10.3 Å². The molecule has 0 aromatic heterocycles. The van der Waals surface area contributed by atoms with Gasteiger partial charge in [-0.2, -0.15) is 0 Å². The number of nitrogens with one attached hydrogen (secondary N) is 1. The lowest BCUT2D eigenvalue weighted by molar-refractivity contribution is -0.161. The third kappa shape index (κ3) is 2.91. The van der Waals surface area contributed by atoms with Crippen molar-refractivity contribution in [1.82, 2.24) is 10.2 Å². The van der Waals surface area contributed by atoms with E-state index in [0.717, 1.165) is 0 Å². The van der Waals surface area contributed by atoms with Gasteiger partial charge in [0.1, 0.15) is 5.70 Å². The number of aliphatic carboxylic acids is 1. The maximum absolute atomic E-state index is 12.0. The normalized spacial score (nSPS) is 26.0. The number of aliphatic hydroxyl groups excluding tert-OH is 1. The minimum Gasteiger partial charge on any atom is -0.477 e. The fraction of sp³-hybridized carbons (Fsp3) is 0.615. The number of carbonyl (C=O) groups excluding carboxylic acids is 1. The molecule has 0 spiro atoms. The van der Waals surface area contributed by atoms with Gasteiger partial charge in [-0.25, -0.2) is 4.79 Å². The van der Waals surface area contributed by atoms with Crippen molar-refractivity contribution in [1.29, 1.82) is 0 Å². The number of rotatable bonds is 7. The summed E-state index contributed by atoms with van der Waals surface area (Å²) in [6.07, 6.45) is 1.35. The topological polar surface area (TPSA) is 102 Å². The molecule has 8 heteroatoms. The summed E-state index contributed by atoms with van der Waals surface area (Å²) in [5.41, 5.74) is 0.0797.